The molecule has 0 bridgehead atoms. The fourth-order valence-electron chi connectivity index (χ4n) is 3.01. The van der Waals surface area contributed by atoms with Crippen molar-refractivity contribution in [2.45, 2.75) is 38.2 Å². The molecule has 106 valence electrons. The van der Waals surface area contributed by atoms with E-state index >= 15 is 0 Å². The molecule has 3 N–H and O–H groups in total. The molecule has 0 aromatic carbocycles. The van der Waals surface area contributed by atoms with E-state index in [1.807, 2.05) is 0 Å². The first kappa shape index (κ1) is 14.2. The van der Waals surface area contributed by atoms with Crippen LogP contribution < -0.4 is 10.5 Å². The number of nitrogens with one attached hydrogen (secondary N) is 1. The molecule has 0 amide bonds. The van der Waals surface area contributed by atoms with Gasteiger partial charge in [-0.3, -0.25) is 0 Å². The molecule has 2 aliphatic rings. The molecule has 6 heteroatoms. The Morgan fingerprint density at radius 1 is 1.17 bits per heavy atom. The highest BCUT2D eigenvalue weighted by Gasteiger charge is 2.28. The Morgan fingerprint density at radius 3 is 2.61 bits per heavy atom. The molecule has 18 heavy (non-hydrogen) atoms. The maximum atomic E-state index is 11.9. The lowest BCUT2D eigenvalue weighted by Crippen LogP contribution is -2.36. The van der Waals surface area contributed by atoms with Crippen LogP contribution in [-0.2, 0) is 14.8 Å². The van der Waals surface area contributed by atoms with E-state index in [1.165, 1.54) is 6.42 Å². The first-order valence-electron chi connectivity index (χ1n) is 6.90. The molecule has 3 atom stereocenters. The Kier molecular flexibility index (Phi) is 5.00. The number of nitrogens with two attached hydrogens (primary N) is 1. The Labute approximate surface area is 110 Å². The molecule has 3 unspecified atom stereocenters. The Bertz CT molecular complexity index is 352. The van der Waals surface area contributed by atoms with Crippen molar-refractivity contribution in [3.05, 3.63) is 0 Å². The molecule has 5 nitrogen and oxygen atoms in total. The van der Waals surface area contributed by atoms with Crippen LogP contribution in [-0.4, -0.2) is 40.0 Å². The van der Waals surface area contributed by atoms with E-state index in [1.54, 1.807) is 0 Å². The third kappa shape index (κ3) is 3.91. The summed E-state index contributed by atoms with van der Waals surface area (Å²) in [6.45, 7) is 1.90. The Morgan fingerprint density at radius 2 is 1.94 bits per heavy atom. The van der Waals surface area contributed by atoms with Crippen molar-refractivity contribution < 1.29 is 13.2 Å². The second-order valence-electron chi connectivity index (χ2n) is 5.45. The highest BCUT2D eigenvalue weighted by molar-refractivity contribution is 7.89. The molecule has 1 aliphatic carbocycles. The molecule has 1 aliphatic heterocycles. The van der Waals surface area contributed by atoms with Crippen LogP contribution in [0.3, 0.4) is 0 Å². The lowest BCUT2D eigenvalue weighted by Gasteiger charge is -2.19. The highest BCUT2D eigenvalue weighted by atomic mass is 32.2. The summed E-state index contributed by atoms with van der Waals surface area (Å²) < 4.78 is 31.9. The van der Waals surface area contributed by atoms with Gasteiger partial charge in [0, 0.05) is 13.2 Å². The van der Waals surface area contributed by atoms with Gasteiger partial charge in [-0.25, -0.2) is 13.1 Å². The maximum Gasteiger partial charge on any atom is 0.214 e. The summed E-state index contributed by atoms with van der Waals surface area (Å²) in [5.41, 5.74) is 5.70. The van der Waals surface area contributed by atoms with Gasteiger partial charge >= 0.3 is 0 Å². The third-order valence-electron chi connectivity index (χ3n) is 4.11. The van der Waals surface area contributed by atoms with Gasteiger partial charge in [-0.05, 0) is 44.1 Å². The lowest BCUT2D eigenvalue weighted by molar-refractivity contribution is 0.127. The van der Waals surface area contributed by atoms with Gasteiger partial charge in [-0.1, -0.05) is 6.42 Å². The predicted octanol–water partition coefficient (Wildman–Crippen LogP) is 0.460. The van der Waals surface area contributed by atoms with Crippen LogP contribution in [0, 0.1) is 11.8 Å². The molecule has 0 spiro atoms. The third-order valence-corrected chi connectivity index (χ3v) is 5.53. The summed E-state index contributed by atoms with van der Waals surface area (Å²) in [6.07, 6.45) is 5.10. The molecule has 0 aromatic heterocycles. The van der Waals surface area contributed by atoms with Gasteiger partial charge in [0.2, 0.25) is 10.0 Å². The highest BCUT2D eigenvalue weighted by Crippen LogP contribution is 2.30. The molecule has 1 saturated heterocycles. The molecular formula is C12H24N2O3S. The minimum atomic E-state index is -3.20. The van der Waals surface area contributed by atoms with E-state index in [4.69, 9.17) is 10.5 Å². The summed E-state index contributed by atoms with van der Waals surface area (Å²) >= 11 is 0. The van der Waals surface area contributed by atoms with Crippen molar-refractivity contribution in [1.29, 1.82) is 0 Å². The molecule has 2 rings (SSSR count). The second kappa shape index (κ2) is 6.32. The molecular weight excluding hydrogens is 252 g/mol. The summed E-state index contributed by atoms with van der Waals surface area (Å²) in [4.78, 5) is 0. The fraction of sp³-hybridized carbons (Fsp3) is 1.00. The summed E-state index contributed by atoms with van der Waals surface area (Å²) in [5.74, 6) is 0.997. The van der Waals surface area contributed by atoms with Crippen molar-refractivity contribution in [2.24, 2.45) is 17.6 Å². The summed E-state index contributed by atoms with van der Waals surface area (Å²) in [7, 11) is -3.20. The average molecular weight is 276 g/mol. The predicted molar refractivity (Wildman–Crippen MR) is 70.6 cm³/mol. The first-order chi connectivity index (χ1) is 8.61. The normalized spacial score (nSPS) is 33.1. The number of ether oxygens (including phenoxy) is 1. The lowest BCUT2D eigenvalue weighted by atomic mass is 9.97. The SMILES string of the molecule is NCC1CCCC1CNS(=O)(=O)CC1CCCO1. The van der Waals surface area contributed by atoms with Crippen molar-refractivity contribution in [2.75, 3.05) is 25.4 Å². The molecule has 1 saturated carbocycles. The van der Waals surface area contributed by atoms with E-state index in [9.17, 15) is 8.42 Å². The number of rotatable bonds is 6. The zero-order valence-electron chi connectivity index (χ0n) is 10.8. The van der Waals surface area contributed by atoms with Crippen LogP contribution in [0.4, 0.5) is 0 Å². The van der Waals surface area contributed by atoms with Gasteiger partial charge in [0.05, 0.1) is 11.9 Å². The summed E-state index contributed by atoms with van der Waals surface area (Å²) in [5, 5.41) is 0. The standard InChI is InChI=1S/C12H24N2O3S/c13-7-10-3-1-4-11(10)8-14-18(15,16)9-12-5-2-6-17-12/h10-12,14H,1-9,13H2. The van der Waals surface area contributed by atoms with E-state index in [-0.39, 0.29) is 11.9 Å². The minimum absolute atomic E-state index is 0.104. The number of sulfonamides is 1. The summed E-state index contributed by atoms with van der Waals surface area (Å²) in [6, 6.07) is 0. The largest absolute Gasteiger partial charge is 0.377 e. The van der Waals surface area contributed by atoms with Crippen LogP contribution in [0.5, 0.6) is 0 Å². The van der Waals surface area contributed by atoms with Crippen LogP contribution in [0.25, 0.3) is 0 Å². The van der Waals surface area contributed by atoms with E-state index in [0.717, 1.165) is 25.7 Å². The van der Waals surface area contributed by atoms with E-state index in [2.05, 4.69) is 4.72 Å². The molecule has 2 fully saturated rings. The fourth-order valence-corrected chi connectivity index (χ4v) is 4.34. The van der Waals surface area contributed by atoms with Gasteiger partial charge < -0.3 is 10.5 Å². The van der Waals surface area contributed by atoms with E-state index < -0.39 is 10.0 Å². The van der Waals surface area contributed by atoms with Crippen molar-refractivity contribution in [3.63, 3.8) is 0 Å². The van der Waals surface area contributed by atoms with Gasteiger partial charge in [0.25, 0.3) is 0 Å². The van der Waals surface area contributed by atoms with Crippen molar-refractivity contribution in [3.8, 4) is 0 Å². The topological polar surface area (TPSA) is 81.4 Å². The monoisotopic (exact) mass is 276 g/mol. The second-order valence-corrected chi connectivity index (χ2v) is 7.30. The first-order valence-corrected chi connectivity index (χ1v) is 8.55. The Hall–Kier alpha value is -0.170. The van der Waals surface area contributed by atoms with E-state index in [0.29, 0.717) is 31.5 Å². The van der Waals surface area contributed by atoms with Gasteiger partial charge in [0.1, 0.15) is 0 Å². The quantitative estimate of drug-likeness (QED) is 0.738. The van der Waals surface area contributed by atoms with Gasteiger partial charge in [-0.15, -0.1) is 0 Å². The molecule has 0 aromatic rings. The van der Waals surface area contributed by atoms with Crippen LogP contribution in [0.1, 0.15) is 32.1 Å². The average Bonchev–Trinajstić information content (AvgIpc) is 2.96. The molecule has 0 radical (unpaired) electrons. The van der Waals surface area contributed by atoms with Gasteiger partial charge in [-0.2, -0.15) is 0 Å². The van der Waals surface area contributed by atoms with Gasteiger partial charge in [0.15, 0.2) is 0 Å². The zero-order valence-corrected chi connectivity index (χ0v) is 11.6. The van der Waals surface area contributed by atoms with Crippen molar-refractivity contribution in [1.82, 2.24) is 4.72 Å². The van der Waals surface area contributed by atoms with Crippen LogP contribution in [0.2, 0.25) is 0 Å². The van der Waals surface area contributed by atoms with Crippen molar-refractivity contribution >= 4 is 10.0 Å². The number of hydrogen-bond acceptors (Lipinski definition) is 4. The number of hydrogen-bond donors (Lipinski definition) is 2. The maximum absolute atomic E-state index is 11.9. The zero-order chi connectivity index (χ0) is 13.0. The Balaban J connectivity index is 1.77. The van der Waals surface area contributed by atoms with Crippen LogP contribution in [0.15, 0.2) is 0 Å². The smallest absolute Gasteiger partial charge is 0.214 e. The minimum Gasteiger partial charge on any atom is -0.377 e. The molecule has 1 heterocycles. The van der Waals surface area contributed by atoms with Crippen LogP contribution >= 0.6 is 0 Å².